The predicted molar refractivity (Wildman–Crippen MR) is 78.2 cm³/mol. The van der Waals surface area contributed by atoms with Gasteiger partial charge in [-0.25, -0.2) is 0 Å². The predicted octanol–water partition coefficient (Wildman–Crippen LogP) is 3.25. The van der Waals surface area contributed by atoms with Crippen molar-refractivity contribution in [1.82, 2.24) is 5.32 Å². The van der Waals surface area contributed by atoms with E-state index in [4.69, 9.17) is 4.74 Å². The molecule has 1 N–H and O–H groups in total. The van der Waals surface area contributed by atoms with E-state index in [1.807, 2.05) is 7.05 Å². The molecule has 2 nitrogen and oxygen atoms in total. The van der Waals surface area contributed by atoms with Crippen LogP contribution in [0.25, 0.3) is 0 Å². The SMILES string of the molecule is CCOC(CC)C(Cc1cc(C)ccc1C)NC. The number of benzene rings is 1. The summed E-state index contributed by atoms with van der Waals surface area (Å²) in [6.07, 6.45) is 2.37. The number of nitrogens with one attached hydrogen (secondary N) is 1. The molecule has 2 atom stereocenters. The first-order valence-corrected chi connectivity index (χ1v) is 6.97. The Hall–Kier alpha value is -0.860. The van der Waals surface area contributed by atoms with E-state index in [1.165, 1.54) is 16.7 Å². The Morgan fingerprint density at radius 2 is 1.94 bits per heavy atom. The van der Waals surface area contributed by atoms with Crippen LogP contribution in [0.5, 0.6) is 0 Å². The van der Waals surface area contributed by atoms with Gasteiger partial charge in [-0.1, -0.05) is 30.7 Å². The van der Waals surface area contributed by atoms with Crippen LogP contribution in [0.2, 0.25) is 0 Å². The van der Waals surface area contributed by atoms with Crippen LogP contribution in [0, 0.1) is 13.8 Å². The Balaban J connectivity index is 2.81. The fourth-order valence-electron chi connectivity index (χ4n) is 2.41. The summed E-state index contributed by atoms with van der Waals surface area (Å²) in [7, 11) is 2.03. The van der Waals surface area contributed by atoms with Gasteiger partial charge in [0.15, 0.2) is 0 Å². The zero-order valence-corrected chi connectivity index (χ0v) is 12.4. The lowest BCUT2D eigenvalue weighted by molar-refractivity contribution is 0.0338. The fourth-order valence-corrected chi connectivity index (χ4v) is 2.41. The Labute approximate surface area is 112 Å². The molecule has 18 heavy (non-hydrogen) atoms. The van der Waals surface area contributed by atoms with Crippen LogP contribution in [-0.4, -0.2) is 25.8 Å². The van der Waals surface area contributed by atoms with Crippen LogP contribution in [0.15, 0.2) is 18.2 Å². The molecule has 0 saturated heterocycles. The molecular weight excluding hydrogens is 222 g/mol. The third kappa shape index (κ3) is 4.11. The number of aryl methyl sites for hydroxylation is 2. The van der Waals surface area contributed by atoms with E-state index in [1.54, 1.807) is 0 Å². The van der Waals surface area contributed by atoms with Crippen molar-refractivity contribution >= 4 is 0 Å². The highest BCUT2D eigenvalue weighted by Crippen LogP contribution is 2.16. The summed E-state index contributed by atoms with van der Waals surface area (Å²) in [5.41, 5.74) is 4.12. The van der Waals surface area contributed by atoms with Gasteiger partial charge in [0.05, 0.1) is 6.10 Å². The second-order valence-corrected chi connectivity index (χ2v) is 4.93. The van der Waals surface area contributed by atoms with E-state index in [-0.39, 0.29) is 0 Å². The molecule has 1 aromatic carbocycles. The summed E-state index contributed by atoms with van der Waals surface area (Å²) in [5, 5.41) is 3.41. The van der Waals surface area contributed by atoms with Gasteiger partial charge in [-0.3, -0.25) is 0 Å². The summed E-state index contributed by atoms with van der Waals surface area (Å²) in [6, 6.07) is 7.06. The van der Waals surface area contributed by atoms with Crippen LogP contribution in [0.1, 0.15) is 37.0 Å². The lowest BCUT2D eigenvalue weighted by Crippen LogP contribution is -2.41. The van der Waals surface area contributed by atoms with Gasteiger partial charge in [0, 0.05) is 12.6 Å². The Morgan fingerprint density at radius 1 is 1.22 bits per heavy atom. The molecule has 0 saturated carbocycles. The van der Waals surface area contributed by atoms with Crippen LogP contribution in [0.3, 0.4) is 0 Å². The summed E-state index contributed by atoms with van der Waals surface area (Å²) in [6.45, 7) is 9.37. The van der Waals surface area contributed by atoms with Crippen molar-refractivity contribution < 1.29 is 4.74 Å². The molecule has 0 aliphatic rings. The van der Waals surface area contributed by atoms with Crippen LogP contribution in [0.4, 0.5) is 0 Å². The average Bonchev–Trinajstić information content (AvgIpc) is 2.37. The van der Waals surface area contributed by atoms with E-state index in [2.05, 4.69) is 51.2 Å². The molecule has 2 unspecified atom stereocenters. The van der Waals surface area contributed by atoms with Gasteiger partial charge >= 0.3 is 0 Å². The van der Waals surface area contributed by atoms with Gasteiger partial charge in [0.2, 0.25) is 0 Å². The zero-order chi connectivity index (χ0) is 13.5. The molecule has 0 radical (unpaired) electrons. The standard InChI is InChI=1S/C16H27NO/c1-6-16(18-7-2)15(17-5)11-14-10-12(3)8-9-13(14)4/h8-10,15-17H,6-7,11H2,1-5H3. The maximum absolute atomic E-state index is 5.82. The maximum atomic E-state index is 5.82. The highest BCUT2D eigenvalue weighted by Gasteiger charge is 2.19. The van der Waals surface area contributed by atoms with Crippen molar-refractivity contribution in [2.45, 2.75) is 52.7 Å². The molecule has 0 spiro atoms. The van der Waals surface area contributed by atoms with Crippen molar-refractivity contribution in [3.8, 4) is 0 Å². The first-order chi connectivity index (χ1) is 8.62. The van der Waals surface area contributed by atoms with E-state index in [0.717, 1.165) is 19.4 Å². The van der Waals surface area contributed by atoms with Crippen LogP contribution in [-0.2, 0) is 11.2 Å². The Bertz CT molecular complexity index is 362. The van der Waals surface area contributed by atoms with Crippen molar-refractivity contribution in [3.05, 3.63) is 34.9 Å². The highest BCUT2D eigenvalue weighted by molar-refractivity contribution is 5.31. The quantitative estimate of drug-likeness (QED) is 0.801. The largest absolute Gasteiger partial charge is 0.377 e. The molecule has 1 aromatic rings. The zero-order valence-electron chi connectivity index (χ0n) is 12.4. The van der Waals surface area contributed by atoms with Crippen LogP contribution < -0.4 is 5.32 Å². The number of hydrogen-bond donors (Lipinski definition) is 1. The van der Waals surface area contributed by atoms with Crippen molar-refractivity contribution in [2.75, 3.05) is 13.7 Å². The molecular formula is C16H27NO. The Kier molecular flexibility index (Phi) is 6.37. The van der Waals surface area contributed by atoms with Gasteiger partial charge < -0.3 is 10.1 Å². The molecule has 0 amide bonds. The molecule has 0 aliphatic heterocycles. The smallest absolute Gasteiger partial charge is 0.0728 e. The van der Waals surface area contributed by atoms with Gasteiger partial charge in [0.1, 0.15) is 0 Å². The van der Waals surface area contributed by atoms with E-state index < -0.39 is 0 Å². The van der Waals surface area contributed by atoms with Gasteiger partial charge in [0.25, 0.3) is 0 Å². The monoisotopic (exact) mass is 249 g/mol. The molecule has 0 heterocycles. The lowest BCUT2D eigenvalue weighted by atomic mass is 9.95. The summed E-state index contributed by atoms with van der Waals surface area (Å²) in [4.78, 5) is 0. The van der Waals surface area contributed by atoms with E-state index >= 15 is 0 Å². The molecule has 0 aromatic heterocycles. The first kappa shape index (κ1) is 15.2. The minimum Gasteiger partial charge on any atom is -0.377 e. The minimum atomic E-state index is 0.292. The minimum absolute atomic E-state index is 0.292. The third-order valence-corrected chi connectivity index (χ3v) is 3.55. The van der Waals surface area contributed by atoms with E-state index in [9.17, 15) is 0 Å². The molecule has 0 aliphatic carbocycles. The fraction of sp³-hybridized carbons (Fsp3) is 0.625. The summed E-state index contributed by atoms with van der Waals surface area (Å²) < 4.78 is 5.82. The molecule has 1 rings (SSSR count). The average molecular weight is 249 g/mol. The topological polar surface area (TPSA) is 21.3 Å². The second kappa shape index (κ2) is 7.55. The molecule has 0 bridgehead atoms. The van der Waals surface area contributed by atoms with Crippen molar-refractivity contribution in [3.63, 3.8) is 0 Å². The van der Waals surface area contributed by atoms with E-state index in [0.29, 0.717) is 12.1 Å². The molecule has 102 valence electrons. The van der Waals surface area contributed by atoms with Gasteiger partial charge in [-0.05, 0) is 51.8 Å². The number of hydrogen-bond acceptors (Lipinski definition) is 2. The van der Waals surface area contributed by atoms with Crippen LogP contribution >= 0.6 is 0 Å². The van der Waals surface area contributed by atoms with Crippen molar-refractivity contribution in [2.24, 2.45) is 0 Å². The summed E-state index contributed by atoms with van der Waals surface area (Å²) in [5.74, 6) is 0. The maximum Gasteiger partial charge on any atom is 0.0728 e. The number of rotatable bonds is 7. The number of likely N-dealkylation sites (N-methyl/N-ethyl adjacent to an activating group) is 1. The first-order valence-electron chi connectivity index (χ1n) is 6.97. The normalized spacial score (nSPS) is 14.5. The highest BCUT2D eigenvalue weighted by atomic mass is 16.5. The summed E-state index contributed by atoms with van der Waals surface area (Å²) >= 11 is 0. The Morgan fingerprint density at radius 3 is 2.50 bits per heavy atom. The lowest BCUT2D eigenvalue weighted by Gasteiger charge is -2.26. The number of ether oxygens (including phenoxy) is 1. The van der Waals surface area contributed by atoms with Gasteiger partial charge in [-0.2, -0.15) is 0 Å². The second-order valence-electron chi connectivity index (χ2n) is 4.93. The molecule has 2 heteroatoms. The molecule has 0 fully saturated rings. The van der Waals surface area contributed by atoms with Gasteiger partial charge in [-0.15, -0.1) is 0 Å². The van der Waals surface area contributed by atoms with Crippen molar-refractivity contribution in [1.29, 1.82) is 0 Å². The third-order valence-electron chi connectivity index (χ3n) is 3.55.